The number of carbonyl (C=O) groups excluding carboxylic acids is 1. The molecule has 0 bridgehead atoms. The van der Waals surface area contributed by atoms with E-state index in [9.17, 15) is 4.79 Å². The first-order valence-corrected chi connectivity index (χ1v) is 11.4. The quantitative estimate of drug-likeness (QED) is 0.320. The number of aliphatic hydroxyl groups excluding tert-OH is 4. The lowest BCUT2D eigenvalue weighted by Crippen LogP contribution is -2.68. The fourth-order valence-corrected chi connectivity index (χ4v) is 4.96. The molecular formula is C23H47NO7. The maximum Gasteiger partial charge on any atom is 0.308 e. The van der Waals surface area contributed by atoms with E-state index in [1.165, 1.54) is 0 Å². The molecule has 0 aromatic carbocycles. The summed E-state index contributed by atoms with van der Waals surface area (Å²) >= 11 is 0. The summed E-state index contributed by atoms with van der Waals surface area (Å²) in [5.41, 5.74) is -1.73. The van der Waals surface area contributed by atoms with Gasteiger partial charge in [0.25, 0.3) is 6.41 Å². The molecule has 1 saturated heterocycles. The molecule has 1 fully saturated rings. The van der Waals surface area contributed by atoms with Crippen molar-refractivity contribution in [3.63, 3.8) is 0 Å². The van der Waals surface area contributed by atoms with E-state index in [2.05, 4.69) is 60.7 Å². The SMILES string of the molecule is CCC(=O)OC1NC(C(C)C)(C(C)C)C(C(C)C)(C(C)C)O1.OCC(CO)(CO)CO. The first kappa shape index (κ1) is 30.2. The van der Waals surface area contributed by atoms with Crippen molar-refractivity contribution in [2.75, 3.05) is 26.4 Å². The number of hydrogen-bond donors (Lipinski definition) is 5. The van der Waals surface area contributed by atoms with Crippen molar-refractivity contribution in [1.29, 1.82) is 0 Å². The third-order valence-corrected chi connectivity index (χ3v) is 6.71. The first-order valence-electron chi connectivity index (χ1n) is 11.4. The highest BCUT2D eigenvalue weighted by atomic mass is 16.7. The summed E-state index contributed by atoms with van der Waals surface area (Å²) in [6.07, 6.45) is -0.309. The lowest BCUT2D eigenvalue weighted by atomic mass is 9.58. The summed E-state index contributed by atoms with van der Waals surface area (Å²) in [5.74, 6) is 1.07. The lowest BCUT2D eigenvalue weighted by Gasteiger charge is -2.54. The van der Waals surface area contributed by atoms with Crippen molar-refractivity contribution in [3.8, 4) is 0 Å². The molecule has 5 N–H and O–H groups in total. The van der Waals surface area contributed by atoms with Crippen LogP contribution in [0.5, 0.6) is 0 Å². The smallest absolute Gasteiger partial charge is 0.308 e. The Morgan fingerprint density at radius 1 is 0.871 bits per heavy atom. The normalized spacial score (nSPS) is 20.4. The predicted molar refractivity (Wildman–Crippen MR) is 120 cm³/mol. The molecule has 31 heavy (non-hydrogen) atoms. The highest BCUT2D eigenvalue weighted by Gasteiger charge is 2.65. The average Bonchev–Trinajstić information content (AvgIpc) is 3.08. The van der Waals surface area contributed by atoms with Crippen LogP contribution in [0.4, 0.5) is 0 Å². The average molecular weight is 450 g/mol. The summed E-state index contributed by atoms with van der Waals surface area (Å²) in [6, 6.07) is 0. The largest absolute Gasteiger partial charge is 0.421 e. The second-order valence-electron chi connectivity index (χ2n) is 9.85. The van der Waals surface area contributed by atoms with Crippen LogP contribution in [0.2, 0.25) is 0 Å². The van der Waals surface area contributed by atoms with Gasteiger partial charge in [-0.1, -0.05) is 62.3 Å². The second-order valence-corrected chi connectivity index (χ2v) is 9.85. The number of aliphatic hydroxyl groups is 4. The maximum absolute atomic E-state index is 11.7. The van der Waals surface area contributed by atoms with Gasteiger partial charge in [-0.3, -0.25) is 4.79 Å². The molecule has 0 aromatic rings. The Bertz CT molecular complexity index is 469. The zero-order valence-corrected chi connectivity index (χ0v) is 20.9. The van der Waals surface area contributed by atoms with Gasteiger partial charge in [0.1, 0.15) is 0 Å². The van der Waals surface area contributed by atoms with E-state index in [0.29, 0.717) is 30.1 Å². The second kappa shape index (κ2) is 12.5. The molecule has 1 atom stereocenters. The molecule has 8 heteroatoms. The van der Waals surface area contributed by atoms with Crippen LogP contribution in [0.25, 0.3) is 0 Å². The Labute approximate surface area is 188 Å². The lowest BCUT2D eigenvalue weighted by molar-refractivity contribution is -0.213. The minimum absolute atomic E-state index is 0.234. The Morgan fingerprint density at radius 3 is 1.45 bits per heavy atom. The zero-order valence-electron chi connectivity index (χ0n) is 20.9. The molecule has 1 rings (SSSR count). The summed E-state index contributed by atoms with van der Waals surface area (Å²) in [7, 11) is 0. The van der Waals surface area contributed by atoms with Crippen LogP contribution in [0, 0.1) is 29.1 Å². The number of carbonyl (C=O) groups is 1. The molecular weight excluding hydrogens is 402 g/mol. The number of hydrogen-bond acceptors (Lipinski definition) is 8. The van der Waals surface area contributed by atoms with Crippen molar-refractivity contribution >= 4 is 5.97 Å². The molecule has 0 saturated carbocycles. The highest BCUT2D eigenvalue weighted by Crippen LogP contribution is 2.52. The summed E-state index contributed by atoms with van der Waals surface area (Å²) in [5, 5.41) is 37.5. The van der Waals surface area contributed by atoms with E-state index in [1.807, 2.05) is 0 Å². The van der Waals surface area contributed by atoms with Crippen LogP contribution in [-0.4, -0.2) is 70.4 Å². The first-order chi connectivity index (χ1) is 14.3. The molecule has 1 aliphatic heterocycles. The predicted octanol–water partition coefficient (Wildman–Crippen LogP) is 1.89. The minimum atomic E-state index is -1.11. The molecule has 0 radical (unpaired) electrons. The minimum Gasteiger partial charge on any atom is -0.421 e. The standard InChI is InChI=1S/C18H35NO3.C5H12O4/c1-10-15(20)21-16-19-17(11(2)3,12(4)5)18(22-16,13(6)7)14(8)9;6-1-5(2-7,3-8)4-9/h11-14,16,19H,10H2,1-9H3;6-9H,1-4H2. The Hall–Kier alpha value is -0.770. The van der Waals surface area contributed by atoms with E-state index in [1.54, 1.807) is 6.92 Å². The molecule has 8 nitrogen and oxygen atoms in total. The topological polar surface area (TPSA) is 128 Å². The van der Waals surface area contributed by atoms with Gasteiger partial charge in [0.05, 0.1) is 43.0 Å². The van der Waals surface area contributed by atoms with Gasteiger partial charge in [-0.15, -0.1) is 0 Å². The van der Waals surface area contributed by atoms with E-state index in [4.69, 9.17) is 29.9 Å². The van der Waals surface area contributed by atoms with Gasteiger partial charge in [-0.05, 0) is 23.7 Å². The zero-order chi connectivity index (χ0) is 24.6. The molecule has 1 aliphatic rings. The number of esters is 1. The molecule has 0 spiro atoms. The van der Waals surface area contributed by atoms with E-state index < -0.39 is 38.3 Å². The fourth-order valence-electron chi connectivity index (χ4n) is 4.96. The third-order valence-electron chi connectivity index (χ3n) is 6.71. The van der Waals surface area contributed by atoms with Gasteiger partial charge in [-0.25, -0.2) is 5.32 Å². The van der Waals surface area contributed by atoms with Crippen molar-refractivity contribution < 1.29 is 34.7 Å². The van der Waals surface area contributed by atoms with Crippen LogP contribution >= 0.6 is 0 Å². The van der Waals surface area contributed by atoms with Gasteiger partial charge in [0, 0.05) is 6.42 Å². The van der Waals surface area contributed by atoms with Gasteiger partial charge in [0.2, 0.25) is 0 Å². The number of ether oxygens (including phenoxy) is 2. The van der Waals surface area contributed by atoms with Crippen LogP contribution in [0.1, 0.15) is 68.7 Å². The number of nitrogens with one attached hydrogen (secondary N) is 1. The van der Waals surface area contributed by atoms with E-state index in [-0.39, 0.29) is 17.1 Å². The summed E-state index contributed by atoms with van der Waals surface area (Å²) in [6.45, 7) is 17.9. The molecule has 0 amide bonds. The van der Waals surface area contributed by atoms with Crippen LogP contribution in [0.15, 0.2) is 0 Å². The van der Waals surface area contributed by atoms with Gasteiger partial charge in [0.15, 0.2) is 0 Å². The molecule has 186 valence electrons. The van der Waals surface area contributed by atoms with E-state index >= 15 is 0 Å². The number of rotatable bonds is 10. The molecule has 1 heterocycles. The molecule has 0 aliphatic carbocycles. The van der Waals surface area contributed by atoms with Crippen molar-refractivity contribution in [2.45, 2.75) is 86.3 Å². The summed E-state index contributed by atoms with van der Waals surface area (Å²) < 4.78 is 11.9. The van der Waals surface area contributed by atoms with Crippen molar-refractivity contribution in [2.24, 2.45) is 29.1 Å². The van der Waals surface area contributed by atoms with Crippen LogP contribution in [0.3, 0.4) is 0 Å². The van der Waals surface area contributed by atoms with E-state index in [0.717, 1.165) is 0 Å². The van der Waals surface area contributed by atoms with Crippen LogP contribution < -0.4 is 5.32 Å². The van der Waals surface area contributed by atoms with Crippen LogP contribution in [-0.2, 0) is 14.3 Å². The van der Waals surface area contributed by atoms with Gasteiger partial charge < -0.3 is 29.9 Å². The maximum atomic E-state index is 11.7. The Morgan fingerprint density at radius 2 is 1.26 bits per heavy atom. The Balaban J connectivity index is 0.000000842. The Kier molecular flexibility index (Phi) is 12.2. The molecule has 1 unspecified atom stereocenters. The fraction of sp³-hybridized carbons (Fsp3) is 0.957. The van der Waals surface area contributed by atoms with Crippen molar-refractivity contribution in [1.82, 2.24) is 5.32 Å². The monoisotopic (exact) mass is 449 g/mol. The summed E-state index contributed by atoms with van der Waals surface area (Å²) in [4.78, 5) is 11.7. The van der Waals surface area contributed by atoms with Crippen molar-refractivity contribution in [3.05, 3.63) is 0 Å². The highest BCUT2D eigenvalue weighted by molar-refractivity contribution is 5.69. The third kappa shape index (κ3) is 5.97. The van der Waals surface area contributed by atoms with Gasteiger partial charge in [-0.2, -0.15) is 0 Å². The van der Waals surface area contributed by atoms with Gasteiger partial charge >= 0.3 is 5.97 Å². The molecule has 0 aromatic heterocycles.